The van der Waals surface area contributed by atoms with Gasteiger partial charge in [0.2, 0.25) is 0 Å². The second-order valence-electron chi connectivity index (χ2n) is 6.51. The number of anilines is 1. The first-order valence-corrected chi connectivity index (χ1v) is 9.09. The quantitative estimate of drug-likeness (QED) is 0.470. The first-order chi connectivity index (χ1) is 13.0. The molecule has 0 atom stereocenters. The van der Waals surface area contributed by atoms with Gasteiger partial charge in [0.05, 0.1) is 17.7 Å². The van der Waals surface area contributed by atoms with Crippen molar-refractivity contribution < 1.29 is 19.4 Å². The van der Waals surface area contributed by atoms with Gasteiger partial charge in [-0.15, -0.1) is 0 Å². The highest BCUT2D eigenvalue weighted by molar-refractivity contribution is 6.31. The van der Waals surface area contributed by atoms with Gasteiger partial charge < -0.3 is 20.1 Å². The highest BCUT2D eigenvalue weighted by Crippen LogP contribution is 2.36. The summed E-state index contributed by atoms with van der Waals surface area (Å²) in [4.78, 5) is 27.9. The van der Waals surface area contributed by atoms with Crippen molar-refractivity contribution in [1.82, 2.24) is 4.90 Å². The van der Waals surface area contributed by atoms with E-state index in [1.54, 1.807) is 30.3 Å². The molecule has 0 heterocycles. The van der Waals surface area contributed by atoms with E-state index in [0.717, 1.165) is 13.1 Å². The number of hydrogen-bond donors (Lipinski definition) is 2. The number of aromatic hydroxyl groups is 1. The van der Waals surface area contributed by atoms with E-state index >= 15 is 0 Å². The zero-order valence-electron chi connectivity index (χ0n) is 15.6. The predicted octanol–water partition coefficient (Wildman–Crippen LogP) is 2.55. The first-order valence-electron chi connectivity index (χ1n) is 9.09. The number of ether oxygens (including phenoxy) is 1. The average molecular weight is 368 g/mol. The summed E-state index contributed by atoms with van der Waals surface area (Å²) in [7, 11) is 2.00. The molecule has 2 aromatic rings. The fraction of sp³-hybridized carbons (Fsp3) is 0.333. The van der Waals surface area contributed by atoms with Crippen molar-refractivity contribution in [1.29, 1.82) is 0 Å². The van der Waals surface area contributed by atoms with Crippen molar-refractivity contribution in [3.05, 3.63) is 58.7 Å². The van der Waals surface area contributed by atoms with Gasteiger partial charge in [-0.1, -0.05) is 24.3 Å². The Morgan fingerprint density at radius 2 is 1.67 bits per heavy atom. The van der Waals surface area contributed by atoms with E-state index < -0.39 is 0 Å². The van der Waals surface area contributed by atoms with Gasteiger partial charge in [0, 0.05) is 43.1 Å². The van der Waals surface area contributed by atoms with Crippen LogP contribution in [0.15, 0.2) is 36.4 Å². The summed E-state index contributed by atoms with van der Waals surface area (Å²) in [5, 5.41) is 13.4. The maximum absolute atomic E-state index is 13.0. The number of nitrogens with zero attached hydrogens (tertiary/aromatic N) is 1. The number of hydrogen-bond acceptors (Lipinski definition) is 6. The van der Waals surface area contributed by atoms with Crippen molar-refractivity contribution in [2.45, 2.75) is 6.92 Å². The first kappa shape index (κ1) is 19.1. The molecule has 2 aromatic carbocycles. The Labute approximate surface area is 158 Å². The topological polar surface area (TPSA) is 78.9 Å². The Kier molecular flexibility index (Phi) is 5.88. The number of carbonyl (C=O) groups is 2. The predicted molar refractivity (Wildman–Crippen MR) is 104 cm³/mol. The van der Waals surface area contributed by atoms with Gasteiger partial charge in [-0.05, 0) is 26.1 Å². The van der Waals surface area contributed by atoms with E-state index in [1.807, 2.05) is 14.0 Å². The molecule has 0 aromatic heterocycles. The maximum Gasteiger partial charge on any atom is 0.198 e. The summed E-state index contributed by atoms with van der Waals surface area (Å²) < 4.78 is 5.34. The minimum Gasteiger partial charge on any atom is -0.507 e. The molecule has 0 spiro atoms. The normalized spacial score (nSPS) is 12.9. The van der Waals surface area contributed by atoms with Crippen LogP contribution in [0.5, 0.6) is 5.75 Å². The van der Waals surface area contributed by atoms with E-state index in [0.29, 0.717) is 36.6 Å². The lowest BCUT2D eigenvalue weighted by Gasteiger charge is -2.22. The van der Waals surface area contributed by atoms with E-state index in [4.69, 9.17) is 4.74 Å². The van der Waals surface area contributed by atoms with Crippen molar-refractivity contribution in [2.75, 3.05) is 45.2 Å². The molecule has 0 unspecified atom stereocenters. The molecule has 2 N–H and O–H groups in total. The van der Waals surface area contributed by atoms with Crippen LogP contribution in [-0.2, 0) is 4.74 Å². The molecule has 142 valence electrons. The Balaban J connectivity index is 1.79. The zero-order valence-corrected chi connectivity index (χ0v) is 15.6. The summed E-state index contributed by atoms with van der Waals surface area (Å²) in [6, 6.07) is 9.82. The standard InChI is InChI=1S/C21H24N2O4/c1-3-27-13-12-23(2)11-10-22-16-8-9-17(24)19-18(16)20(25)14-6-4-5-7-15(14)21(19)26/h4-9,22,24H,3,10-13H2,1-2H3. The average Bonchev–Trinajstić information content (AvgIpc) is 2.67. The van der Waals surface area contributed by atoms with Crippen LogP contribution in [0.3, 0.4) is 0 Å². The molecule has 6 nitrogen and oxygen atoms in total. The van der Waals surface area contributed by atoms with Gasteiger partial charge >= 0.3 is 0 Å². The fourth-order valence-electron chi connectivity index (χ4n) is 3.21. The van der Waals surface area contributed by atoms with Crippen LogP contribution in [0.2, 0.25) is 0 Å². The van der Waals surface area contributed by atoms with Crippen molar-refractivity contribution >= 4 is 17.3 Å². The smallest absolute Gasteiger partial charge is 0.198 e. The van der Waals surface area contributed by atoms with Gasteiger partial charge in [-0.3, -0.25) is 9.59 Å². The highest BCUT2D eigenvalue weighted by atomic mass is 16.5. The van der Waals surface area contributed by atoms with Crippen LogP contribution in [0, 0.1) is 0 Å². The molecule has 0 fully saturated rings. The second kappa shape index (κ2) is 8.33. The third-order valence-electron chi connectivity index (χ3n) is 4.68. The number of rotatable bonds is 8. The number of ketones is 2. The summed E-state index contributed by atoms with van der Waals surface area (Å²) in [5.74, 6) is -0.740. The molecule has 0 saturated heterocycles. The Hall–Kier alpha value is -2.70. The molecular formula is C21H24N2O4. The minimum absolute atomic E-state index is 0.0772. The molecule has 0 bridgehead atoms. The molecule has 1 aliphatic rings. The Morgan fingerprint density at radius 3 is 2.33 bits per heavy atom. The van der Waals surface area contributed by atoms with E-state index in [1.165, 1.54) is 6.07 Å². The van der Waals surface area contributed by atoms with Crippen molar-refractivity contribution in [3.8, 4) is 5.75 Å². The Morgan fingerprint density at radius 1 is 1.00 bits per heavy atom. The van der Waals surface area contributed by atoms with Crippen LogP contribution >= 0.6 is 0 Å². The van der Waals surface area contributed by atoms with Crippen molar-refractivity contribution in [2.24, 2.45) is 0 Å². The van der Waals surface area contributed by atoms with Gasteiger partial charge in [0.1, 0.15) is 5.75 Å². The fourth-order valence-corrected chi connectivity index (χ4v) is 3.21. The van der Waals surface area contributed by atoms with Crippen LogP contribution in [-0.4, -0.2) is 61.5 Å². The van der Waals surface area contributed by atoms with Crippen LogP contribution in [0.4, 0.5) is 5.69 Å². The molecule has 0 radical (unpaired) electrons. The summed E-state index contributed by atoms with van der Waals surface area (Å²) >= 11 is 0. The lowest BCUT2D eigenvalue weighted by Crippen LogP contribution is -2.29. The van der Waals surface area contributed by atoms with Crippen LogP contribution < -0.4 is 5.32 Å². The third-order valence-corrected chi connectivity index (χ3v) is 4.68. The number of benzene rings is 2. The summed E-state index contributed by atoms with van der Waals surface area (Å²) in [6.07, 6.45) is 0. The van der Waals surface area contributed by atoms with Gasteiger partial charge in [-0.25, -0.2) is 0 Å². The monoisotopic (exact) mass is 368 g/mol. The van der Waals surface area contributed by atoms with E-state index in [2.05, 4.69) is 10.2 Å². The lowest BCUT2D eigenvalue weighted by molar-refractivity contribution is 0.0977. The molecule has 1 aliphatic carbocycles. The van der Waals surface area contributed by atoms with Gasteiger partial charge in [0.15, 0.2) is 11.6 Å². The zero-order chi connectivity index (χ0) is 19.4. The van der Waals surface area contributed by atoms with Crippen LogP contribution in [0.1, 0.15) is 38.8 Å². The SMILES string of the molecule is CCOCCN(C)CCNc1ccc(O)c2c1C(=O)c1ccccc1C2=O. The largest absolute Gasteiger partial charge is 0.507 e. The number of phenols is 1. The summed E-state index contributed by atoms with van der Waals surface area (Å²) in [6.45, 7) is 5.50. The van der Waals surface area contributed by atoms with E-state index in [-0.39, 0.29) is 28.4 Å². The number of nitrogens with one attached hydrogen (secondary N) is 1. The molecule has 6 heteroatoms. The molecule has 0 aliphatic heterocycles. The molecule has 0 amide bonds. The number of fused-ring (bicyclic) bond motifs is 2. The number of likely N-dealkylation sites (N-methyl/N-ethyl adjacent to an activating group) is 1. The molecule has 0 saturated carbocycles. The maximum atomic E-state index is 13.0. The van der Waals surface area contributed by atoms with Crippen molar-refractivity contribution in [3.63, 3.8) is 0 Å². The minimum atomic E-state index is -0.324. The number of phenolic OH excluding ortho intramolecular Hbond substituents is 1. The summed E-state index contributed by atoms with van der Waals surface area (Å²) in [5.41, 5.74) is 1.59. The number of carbonyl (C=O) groups excluding carboxylic acids is 2. The van der Waals surface area contributed by atoms with Gasteiger partial charge in [-0.2, -0.15) is 0 Å². The molecular weight excluding hydrogens is 344 g/mol. The highest BCUT2D eigenvalue weighted by Gasteiger charge is 2.33. The van der Waals surface area contributed by atoms with E-state index in [9.17, 15) is 14.7 Å². The molecule has 3 rings (SSSR count). The second-order valence-corrected chi connectivity index (χ2v) is 6.51. The Bertz CT molecular complexity index is 863. The molecule has 27 heavy (non-hydrogen) atoms. The lowest BCUT2D eigenvalue weighted by atomic mass is 9.82. The van der Waals surface area contributed by atoms with Gasteiger partial charge in [0.25, 0.3) is 0 Å². The van der Waals surface area contributed by atoms with Crippen LogP contribution in [0.25, 0.3) is 0 Å². The third kappa shape index (κ3) is 3.86.